The highest BCUT2D eigenvalue weighted by molar-refractivity contribution is 7.89. The summed E-state index contributed by atoms with van der Waals surface area (Å²) in [7, 11) is -3.78. The summed E-state index contributed by atoms with van der Waals surface area (Å²) < 4.78 is 43.5. The van der Waals surface area contributed by atoms with Gasteiger partial charge in [-0.25, -0.2) is 17.9 Å². The fourth-order valence-corrected chi connectivity index (χ4v) is 4.46. The summed E-state index contributed by atoms with van der Waals surface area (Å²) in [5, 5.41) is 2.90. The molecule has 0 atom stereocenters. The molecule has 0 unspecified atom stereocenters. The lowest BCUT2D eigenvalue weighted by Gasteiger charge is -2.31. The van der Waals surface area contributed by atoms with Crippen molar-refractivity contribution in [2.24, 2.45) is 0 Å². The Hall–Kier alpha value is -2.53. The summed E-state index contributed by atoms with van der Waals surface area (Å²) >= 11 is 0. The van der Waals surface area contributed by atoms with Gasteiger partial charge in [0.05, 0.1) is 24.7 Å². The van der Waals surface area contributed by atoms with Gasteiger partial charge in [-0.05, 0) is 31.9 Å². The zero-order chi connectivity index (χ0) is 22.3. The Morgan fingerprint density at radius 1 is 1.16 bits per heavy atom. The molecule has 10 nitrogen and oxygen atoms in total. The predicted octanol–water partition coefficient (Wildman–Crippen LogP) is 1.25. The van der Waals surface area contributed by atoms with Gasteiger partial charge >= 0.3 is 6.09 Å². The van der Waals surface area contributed by atoms with Crippen molar-refractivity contribution in [3.05, 3.63) is 18.2 Å². The van der Waals surface area contributed by atoms with Crippen molar-refractivity contribution >= 4 is 22.0 Å². The van der Waals surface area contributed by atoms with Gasteiger partial charge in [0.1, 0.15) is 0 Å². The molecule has 0 radical (unpaired) electrons. The Morgan fingerprint density at radius 3 is 2.58 bits per heavy atom. The zero-order valence-electron chi connectivity index (χ0n) is 17.6. The van der Waals surface area contributed by atoms with Crippen LogP contribution in [0.5, 0.6) is 11.5 Å². The lowest BCUT2D eigenvalue weighted by Crippen LogP contribution is -2.47. The molecule has 3 rings (SSSR count). The highest BCUT2D eigenvalue weighted by Crippen LogP contribution is 2.31. The minimum atomic E-state index is -3.78. The van der Waals surface area contributed by atoms with E-state index in [1.807, 2.05) is 0 Å². The number of fused-ring (bicyclic) bond motifs is 1. The summed E-state index contributed by atoms with van der Waals surface area (Å²) in [4.78, 5) is 25.6. The molecule has 0 saturated carbocycles. The minimum absolute atomic E-state index is 0.0157. The number of sulfonamides is 1. The smallest absolute Gasteiger partial charge is 0.409 e. The van der Waals surface area contributed by atoms with Gasteiger partial charge in [0.2, 0.25) is 15.9 Å². The molecule has 31 heavy (non-hydrogen) atoms. The molecule has 0 aromatic heterocycles. The summed E-state index contributed by atoms with van der Waals surface area (Å²) in [6.45, 7) is 4.08. The number of amides is 2. The number of piperidine rings is 1. The second kappa shape index (κ2) is 10.7. The highest BCUT2D eigenvalue weighted by atomic mass is 32.2. The van der Waals surface area contributed by atoms with E-state index in [1.165, 1.54) is 12.1 Å². The third kappa shape index (κ3) is 6.47. The number of carbonyl (C=O) groups is 2. The molecule has 2 heterocycles. The van der Waals surface area contributed by atoms with E-state index in [-0.39, 0.29) is 35.9 Å². The van der Waals surface area contributed by atoms with Gasteiger partial charge in [-0.2, -0.15) is 0 Å². The van der Waals surface area contributed by atoms with Crippen molar-refractivity contribution in [1.29, 1.82) is 0 Å². The Bertz CT molecular complexity index is 883. The fourth-order valence-electron chi connectivity index (χ4n) is 3.41. The Labute approximate surface area is 182 Å². The first-order valence-corrected chi connectivity index (χ1v) is 12.0. The number of carbonyl (C=O) groups excluding carboxylic acids is 2. The van der Waals surface area contributed by atoms with Crippen LogP contribution in [0, 0.1) is 0 Å². The SMILES string of the molecule is CCOC(=O)N1CCC(NC(=O)CCNS(=O)(=O)c2ccc3c(c2)OCCCO3)CC1. The number of likely N-dealkylation sites (tertiary alicyclic amines) is 1. The summed E-state index contributed by atoms with van der Waals surface area (Å²) in [5.41, 5.74) is 0. The first-order chi connectivity index (χ1) is 14.9. The molecule has 1 saturated heterocycles. The summed E-state index contributed by atoms with van der Waals surface area (Å²) in [5.74, 6) is 0.674. The molecule has 2 N–H and O–H groups in total. The molecule has 172 valence electrons. The molecule has 1 fully saturated rings. The monoisotopic (exact) mass is 455 g/mol. The van der Waals surface area contributed by atoms with E-state index in [0.29, 0.717) is 57.3 Å². The average Bonchev–Trinajstić information content (AvgIpc) is 2.99. The quantitative estimate of drug-likeness (QED) is 0.634. The average molecular weight is 456 g/mol. The van der Waals surface area contributed by atoms with Crippen LogP contribution in [0.15, 0.2) is 23.1 Å². The van der Waals surface area contributed by atoms with E-state index < -0.39 is 10.0 Å². The molecule has 0 aliphatic carbocycles. The van der Waals surface area contributed by atoms with Crippen LogP contribution in [-0.4, -0.2) is 70.8 Å². The first-order valence-electron chi connectivity index (χ1n) is 10.5. The van der Waals surface area contributed by atoms with E-state index in [9.17, 15) is 18.0 Å². The largest absolute Gasteiger partial charge is 0.490 e. The Morgan fingerprint density at radius 2 is 1.87 bits per heavy atom. The topological polar surface area (TPSA) is 123 Å². The van der Waals surface area contributed by atoms with Crippen LogP contribution >= 0.6 is 0 Å². The van der Waals surface area contributed by atoms with Crippen molar-refractivity contribution in [2.75, 3.05) is 39.5 Å². The van der Waals surface area contributed by atoms with Crippen molar-refractivity contribution in [1.82, 2.24) is 14.9 Å². The van der Waals surface area contributed by atoms with Crippen LogP contribution in [-0.2, 0) is 19.6 Å². The molecule has 1 aromatic carbocycles. The standard InChI is InChI=1S/C20H29N3O7S/c1-2-28-20(25)23-10-7-15(8-11-23)22-19(24)6-9-21-31(26,27)16-4-5-17-18(14-16)30-13-3-12-29-17/h4-5,14-15,21H,2-3,6-13H2,1H3,(H,22,24). The van der Waals surface area contributed by atoms with Gasteiger partial charge in [0.15, 0.2) is 11.5 Å². The fraction of sp³-hybridized carbons (Fsp3) is 0.600. The molecule has 0 bridgehead atoms. The molecule has 2 aliphatic heterocycles. The van der Waals surface area contributed by atoms with Gasteiger partial charge in [0.25, 0.3) is 0 Å². The lowest BCUT2D eigenvalue weighted by atomic mass is 10.1. The van der Waals surface area contributed by atoms with Crippen LogP contribution in [0.3, 0.4) is 0 Å². The van der Waals surface area contributed by atoms with Gasteiger partial charge in [0, 0.05) is 44.6 Å². The van der Waals surface area contributed by atoms with Crippen LogP contribution in [0.1, 0.15) is 32.6 Å². The Balaban J connectivity index is 1.43. The van der Waals surface area contributed by atoms with Crippen LogP contribution in [0.25, 0.3) is 0 Å². The molecule has 11 heteroatoms. The van der Waals surface area contributed by atoms with Crippen molar-refractivity contribution < 1.29 is 32.2 Å². The third-order valence-corrected chi connectivity index (χ3v) is 6.52. The number of benzene rings is 1. The van der Waals surface area contributed by atoms with E-state index in [0.717, 1.165) is 6.42 Å². The highest BCUT2D eigenvalue weighted by Gasteiger charge is 2.25. The minimum Gasteiger partial charge on any atom is -0.490 e. The number of hydrogen-bond acceptors (Lipinski definition) is 7. The molecular formula is C20H29N3O7S. The van der Waals surface area contributed by atoms with Gasteiger partial charge in [-0.1, -0.05) is 0 Å². The van der Waals surface area contributed by atoms with Crippen LogP contribution < -0.4 is 19.5 Å². The van der Waals surface area contributed by atoms with Gasteiger partial charge < -0.3 is 24.4 Å². The van der Waals surface area contributed by atoms with Crippen LogP contribution in [0.2, 0.25) is 0 Å². The number of nitrogens with zero attached hydrogens (tertiary/aromatic N) is 1. The molecule has 2 aliphatic rings. The number of ether oxygens (including phenoxy) is 3. The third-order valence-electron chi connectivity index (χ3n) is 5.06. The molecule has 0 spiro atoms. The van der Waals surface area contributed by atoms with Crippen molar-refractivity contribution in [3.8, 4) is 11.5 Å². The Kier molecular flexibility index (Phi) is 7.97. The van der Waals surface area contributed by atoms with E-state index in [1.54, 1.807) is 17.9 Å². The van der Waals surface area contributed by atoms with Crippen molar-refractivity contribution in [3.63, 3.8) is 0 Å². The second-order valence-electron chi connectivity index (χ2n) is 7.33. The van der Waals surface area contributed by atoms with E-state index in [2.05, 4.69) is 10.0 Å². The number of hydrogen-bond donors (Lipinski definition) is 2. The maximum absolute atomic E-state index is 12.5. The summed E-state index contributed by atoms with van der Waals surface area (Å²) in [6, 6.07) is 4.41. The zero-order valence-corrected chi connectivity index (χ0v) is 18.4. The maximum atomic E-state index is 12.5. The normalized spacial score (nSPS) is 17.0. The second-order valence-corrected chi connectivity index (χ2v) is 9.10. The van der Waals surface area contributed by atoms with Gasteiger partial charge in [-0.15, -0.1) is 0 Å². The van der Waals surface area contributed by atoms with Crippen LogP contribution in [0.4, 0.5) is 4.79 Å². The molecule has 1 aromatic rings. The predicted molar refractivity (Wildman–Crippen MR) is 112 cm³/mol. The molecule has 2 amide bonds. The van der Waals surface area contributed by atoms with Gasteiger partial charge in [-0.3, -0.25) is 4.79 Å². The molecular weight excluding hydrogens is 426 g/mol. The number of rotatable bonds is 7. The van der Waals surface area contributed by atoms with E-state index in [4.69, 9.17) is 14.2 Å². The summed E-state index contributed by atoms with van der Waals surface area (Å²) in [6.07, 6.45) is 1.67. The lowest BCUT2D eigenvalue weighted by molar-refractivity contribution is -0.121. The van der Waals surface area contributed by atoms with Crippen molar-refractivity contribution in [2.45, 2.75) is 43.5 Å². The maximum Gasteiger partial charge on any atom is 0.409 e. The first kappa shape index (κ1) is 23.1. The van der Waals surface area contributed by atoms with E-state index >= 15 is 0 Å². The number of nitrogens with one attached hydrogen (secondary N) is 2.